The van der Waals surface area contributed by atoms with Gasteiger partial charge in [0.15, 0.2) is 5.76 Å². The summed E-state index contributed by atoms with van der Waals surface area (Å²) in [6.45, 7) is 5.91. The summed E-state index contributed by atoms with van der Waals surface area (Å²) in [5, 5.41) is 8.81. The van der Waals surface area contributed by atoms with Crippen molar-refractivity contribution in [3.63, 3.8) is 0 Å². The zero-order valence-electron chi connectivity index (χ0n) is 10.4. The molecule has 0 unspecified atom stereocenters. The fraction of sp³-hybridized carbons (Fsp3) is 0.333. The van der Waals surface area contributed by atoms with Gasteiger partial charge in [0.25, 0.3) is 0 Å². The highest BCUT2D eigenvalue weighted by molar-refractivity contribution is 5.36. The standard InChI is InChI=1S/C15H16O2/c1-4-10-15(2,3)11-6-5-7-13-8-9-14(12-16)17-13/h4,8-10,16H,12H2,1-3H3/b10-4-. The number of hydrogen-bond acceptors (Lipinski definition) is 2. The van der Waals surface area contributed by atoms with Crippen LogP contribution in [0, 0.1) is 29.1 Å². The summed E-state index contributed by atoms with van der Waals surface area (Å²) in [6, 6.07) is 3.42. The van der Waals surface area contributed by atoms with Gasteiger partial charge in [-0.15, -0.1) is 0 Å². The molecule has 1 rings (SSSR count). The van der Waals surface area contributed by atoms with Crippen molar-refractivity contribution in [2.24, 2.45) is 5.41 Å². The normalized spacial score (nSPS) is 10.6. The first-order valence-electron chi connectivity index (χ1n) is 5.44. The van der Waals surface area contributed by atoms with E-state index < -0.39 is 0 Å². The quantitative estimate of drug-likeness (QED) is 0.623. The third kappa shape index (κ3) is 4.64. The highest BCUT2D eigenvalue weighted by Gasteiger charge is 2.07. The second kappa shape index (κ2) is 5.99. The number of aliphatic hydroxyl groups is 1. The van der Waals surface area contributed by atoms with Crippen LogP contribution in [0.15, 0.2) is 28.7 Å². The molecule has 1 heterocycles. The summed E-state index contributed by atoms with van der Waals surface area (Å²) in [5.74, 6) is 12.4. The van der Waals surface area contributed by atoms with Crippen molar-refractivity contribution >= 4 is 0 Å². The van der Waals surface area contributed by atoms with E-state index in [4.69, 9.17) is 9.52 Å². The lowest BCUT2D eigenvalue weighted by Crippen LogP contribution is -2.02. The van der Waals surface area contributed by atoms with Crippen LogP contribution in [0.4, 0.5) is 0 Å². The van der Waals surface area contributed by atoms with Crippen LogP contribution in [-0.4, -0.2) is 5.11 Å². The predicted molar refractivity (Wildman–Crippen MR) is 67.9 cm³/mol. The van der Waals surface area contributed by atoms with Crippen LogP contribution in [0.5, 0.6) is 0 Å². The first kappa shape index (κ1) is 13.2. The Hall–Kier alpha value is -1.90. The number of rotatable bonds is 2. The molecule has 1 aromatic rings. The average Bonchev–Trinajstić information content (AvgIpc) is 2.72. The molecular formula is C15H16O2. The minimum absolute atomic E-state index is 0.109. The zero-order valence-corrected chi connectivity index (χ0v) is 10.4. The van der Waals surface area contributed by atoms with E-state index in [1.54, 1.807) is 12.1 Å². The van der Waals surface area contributed by atoms with Gasteiger partial charge in [-0.3, -0.25) is 0 Å². The zero-order chi connectivity index (χ0) is 12.7. The molecule has 0 atom stereocenters. The van der Waals surface area contributed by atoms with E-state index in [-0.39, 0.29) is 12.0 Å². The molecule has 0 aliphatic rings. The van der Waals surface area contributed by atoms with Crippen LogP contribution in [0.2, 0.25) is 0 Å². The van der Waals surface area contributed by atoms with E-state index in [0.29, 0.717) is 11.5 Å². The first-order chi connectivity index (χ1) is 8.07. The maximum atomic E-state index is 8.81. The topological polar surface area (TPSA) is 33.4 Å². The third-order valence-corrected chi connectivity index (χ3v) is 2.03. The highest BCUT2D eigenvalue weighted by Crippen LogP contribution is 2.14. The molecule has 0 bridgehead atoms. The van der Waals surface area contributed by atoms with Crippen LogP contribution in [0.3, 0.4) is 0 Å². The van der Waals surface area contributed by atoms with Gasteiger partial charge < -0.3 is 9.52 Å². The second-order valence-electron chi connectivity index (χ2n) is 4.15. The molecule has 0 amide bonds. The van der Waals surface area contributed by atoms with Crippen LogP contribution in [0.25, 0.3) is 0 Å². The van der Waals surface area contributed by atoms with E-state index in [1.807, 2.05) is 32.9 Å². The number of hydrogen-bond donors (Lipinski definition) is 1. The highest BCUT2D eigenvalue weighted by atomic mass is 16.4. The summed E-state index contributed by atoms with van der Waals surface area (Å²) in [6.07, 6.45) is 4.00. The summed E-state index contributed by atoms with van der Waals surface area (Å²) in [7, 11) is 0. The van der Waals surface area contributed by atoms with Gasteiger partial charge in [-0.05, 0) is 50.7 Å². The third-order valence-electron chi connectivity index (χ3n) is 2.03. The van der Waals surface area contributed by atoms with Gasteiger partial charge in [0.05, 0.1) is 0 Å². The molecule has 2 heteroatoms. The Balaban J connectivity index is 2.72. The summed E-state index contributed by atoms with van der Waals surface area (Å²) in [4.78, 5) is 0. The molecule has 1 aromatic heterocycles. The Morgan fingerprint density at radius 1 is 1.35 bits per heavy atom. The van der Waals surface area contributed by atoms with Crippen LogP contribution in [-0.2, 0) is 6.61 Å². The van der Waals surface area contributed by atoms with E-state index in [9.17, 15) is 0 Å². The molecule has 0 fully saturated rings. The molecule has 2 nitrogen and oxygen atoms in total. The van der Waals surface area contributed by atoms with Gasteiger partial charge in [0.2, 0.25) is 0 Å². The number of allylic oxidation sites excluding steroid dienone is 2. The molecule has 0 aliphatic carbocycles. The summed E-state index contributed by atoms with van der Waals surface area (Å²) >= 11 is 0. The minimum atomic E-state index is -0.164. The number of furan rings is 1. The van der Waals surface area contributed by atoms with Crippen molar-refractivity contribution < 1.29 is 9.52 Å². The maximum Gasteiger partial charge on any atom is 0.178 e. The molecular weight excluding hydrogens is 212 g/mol. The first-order valence-corrected chi connectivity index (χ1v) is 5.44. The maximum absolute atomic E-state index is 8.81. The van der Waals surface area contributed by atoms with Crippen molar-refractivity contribution in [3.8, 4) is 23.7 Å². The lowest BCUT2D eigenvalue weighted by molar-refractivity contribution is 0.246. The fourth-order valence-electron chi connectivity index (χ4n) is 1.27. The molecule has 0 saturated heterocycles. The molecule has 0 aromatic carbocycles. The molecule has 88 valence electrons. The van der Waals surface area contributed by atoms with E-state index in [2.05, 4.69) is 23.7 Å². The summed E-state index contributed by atoms with van der Waals surface area (Å²) in [5.41, 5.74) is -0.164. The van der Waals surface area contributed by atoms with Crippen molar-refractivity contribution in [1.29, 1.82) is 0 Å². The van der Waals surface area contributed by atoms with Crippen LogP contribution < -0.4 is 0 Å². The van der Waals surface area contributed by atoms with E-state index in [0.717, 1.165) is 0 Å². The minimum Gasteiger partial charge on any atom is -0.450 e. The lowest BCUT2D eigenvalue weighted by atomic mass is 9.94. The second-order valence-corrected chi connectivity index (χ2v) is 4.15. The Bertz CT molecular complexity index is 510. The Morgan fingerprint density at radius 3 is 2.71 bits per heavy atom. The Kier molecular flexibility index (Phi) is 4.64. The Labute approximate surface area is 102 Å². The van der Waals surface area contributed by atoms with Gasteiger partial charge in [0.1, 0.15) is 12.4 Å². The average molecular weight is 228 g/mol. The summed E-state index contributed by atoms with van der Waals surface area (Å²) < 4.78 is 5.21. The van der Waals surface area contributed by atoms with E-state index in [1.165, 1.54) is 0 Å². The van der Waals surface area contributed by atoms with Crippen LogP contribution >= 0.6 is 0 Å². The monoisotopic (exact) mass is 228 g/mol. The fourth-order valence-corrected chi connectivity index (χ4v) is 1.27. The van der Waals surface area contributed by atoms with Crippen LogP contribution in [0.1, 0.15) is 32.3 Å². The molecule has 17 heavy (non-hydrogen) atoms. The molecule has 1 N–H and O–H groups in total. The van der Waals surface area contributed by atoms with Gasteiger partial charge in [0, 0.05) is 5.41 Å². The van der Waals surface area contributed by atoms with E-state index >= 15 is 0 Å². The van der Waals surface area contributed by atoms with Gasteiger partial charge >= 0.3 is 0 Å². The van der Waals surface area contributed by atoms with Crippen molar-refractivity contribution in [1.82, 2.24) is 0 Å². The lowest BCUT2D eigenvalue weighted by Gasteiger charge is -2.09. The smallest absolute Gasteiger partial charge is 0.178 e. The number of aliphatic hydroxyl groups excluding tert-OH is 1. The molecule has 0 saturated carbocycles. The van der Waals surface area contributed by atoms with Crippen molar-refractivity contribution in [2.45, 2.75) is 27.4 Å². The molecule has 0 radical (unpaired) electrons. The van der Waals surface area contributed by atoms with Crippen molar-refractivity contribution in [2.75, 3.05) is 0 Å². The van der Waals surface area contributed by atoms with Gasteiger partial charge in [-0.25, -0.2) is 0 Å². The van der Waals surface area contributed by atoms with Gasteiger partial charge in [-0.1, -0.05) is 18.1 Å². The SMILES string of the molecule is C/C=C\C(C)(C)C#CC#Cc1ccc(CO)o1. The van der Waals surface area contributed by atoms with Crippen molar-refractivity contribution in [3.05, 3.63) is 35.8 Å². The molecule has 0 spiro atoms. The molecule has 0 aliphatic heterocycles. The van der Waals surface area contributed by atoms with Gasteiger partial charge in [-0.2, -0.15) is 0 Å². The predicted octanol–water partition coefficient (Wildman–Crippen LogP) is 2.73. The Morgan fingerprint density at radius 2 is 2.12 bits per heavy atom. The largest absolute Gasteiger partial charge is 0.450 e.